The van der Waals surface area contributed by atoms with Crippen LogP contribution in [0.3, 0.4) is 0 Å². The Morgan fingerprint density at radius 2 is 2.04 bits per heavy atom. The fourth-order valence-electron chi connectivity index (χ4n) is 4.32. The molecule has 3 fully saturated rings. The molecule has 1 aliphatic carbocycles. The van der Waals surface area contributed by atoms with E-state index < -0.39 is 0 Å². The highest BCUT2D eigenvalue weighted by Gasteiger charge is 2.44. The summed E-state index contributed by atoms with van der Waals surface area (Å²) in [5.41, 5.74) is 1.20. The zero-order valence-electron chi connectivity index (χ0n) is 14.2. The first-order valence-electron chi connectivity index (χ1n) is 9.39. The minimum Gasteiger partial charge on any atom is -0.363 e. The van der Waals surface area contributed by atoms with E-state index in [2.05, 4.69) is 15.2 Å². The average molecular weight is 329 g/mol. The topological polar surface area (TPSA) is 54.5 Å². The first-order chi connectivity index (χ1) is 11.8. The highest BCUT2D eigenvalue weighted by Crippen LogP contribution is 2.37. The van der Waals surface area contributed by atoms with Crippen molar-refractivity contribution in [3.63, 3.8) is 0 Å². The summed E-state index contributed by atoms with van der Waals surface area (Å²) >= 11 is 0. The van der Waals surface area contributed by atoms with Gasteiger partial charge in [-0.1, -0.05) is 6.42 Å². The van der Waals surface area contributed by atoms with Crippen LogP contribution in [0.25, 0.3) is 0 Å². The predicted octanol–water partition coefficient (Wildman–Crippen LogP) is 1.91. The maximum Gasteiger partial charge on any atom is 0.249 e. The standard InChI is InChI=1S/C19H27N3O2/c23-19(21-12-8-14-6-10-20-11-7-14)18-5-4-16-17(24-18)9-13-22(16)15-2-1-3-15/h6-7,10-11,15-18H,1-5,8-9,12-13H2,(H,21,23)/t16-,17-,18-/m0/s1. The van der Waals surface area contributed by atoms with Gasteiger partial charge in [-0.25, -0.2) is 0 Å². The molecule has 0 aromatic carbocycles. The number of ether oxygens (including phenoxy) is 1. The van der Waals surface area contributed by atoms with Crippen molar-refractivity contribution in [2.24, 2.45) is 0 Å². The number of carbonyl (C=O) groups excluding carboxylic acids is 1. The Bertz CT molecular complexity index is 561. The lowest BCUT2D eigenvalue weighted by Crippen LogP contribution is -2.51. The van der Waals surface area contributed by atoms with E-state index in [0.717, 1.165) is 38.3 Å². The van der Waals surface area contributed by atoms with Crippen LogP contribution < -0.4 is 5.32 Å². The predicted molar refractivity (Wildman–Crippen MR) is 91.6 cm³/mol. The summed E-state index contributed by atoms with van der Waals surface area (Å²) in [7, 11) is 0. The van der Waals surface area contributed by atoms with Gasteiger partial charge in [-0.2, -0.15) is 0 Å². The number of aromatic nitrogens is 1. The molecule has 3 atom stereocenters. The number of nitrogens with one attached hydrogen (secondary N) is 1. The molecule has 3 aliphatic rings. The third kappa shape index (κ3) is 3.33. The monoisotopic (exact) mass is 329 g/mol. The van der Waals surface area contributed by atoms with Crippen LogP contribution in [0.1, 0.15) is 44.1 Å². The average Bonchev–Trinajstić information content (AvgIpc) is 2.97. The second kappa shape index (κ2) is 7.19. The molecule has 1 saturated carbocycles. The maximum absolute atomic E-state index is 12.4. The number of amides is 1. The Morgan fingerprint density at radius 1 is 1.21 bits per heavy atom. The normalized spacial score (nSPS) is 30.6. The van der Waals surface area contributed by atoms with Gasteiger partial charge >= 0.3 is 0 Å². The second-order valence-corrected chi connectivity index (χ2v) is 7.32. The molecule has 3 heterocycles. The Balaban J connectivity index is 1.24. The van der Waals surface area contributed by atoms with Gasteiger partial charge in [0.05, 0.1) is 6.10 Å². The Hall–Kier alpha value is -1.46. The van der Waals surface area contributed by atoms with Gasteiger partial charge in [0, 0.05) is 37.6 Å². The van der Waals surface area contributed by atoms with Crippen LogP contribution >= 0.6 is 0 Å². The highest BCUT2D eigenvalue weighted by molar-refractivity contribution is 5.80. The number of nitrogens with zero attached hydrogens (tertiary/aromatic N) is 2. The lowest BCUT2D eigenvalue weighted by molar-refractivity contribution is -0.144. The molecule has 130 valence electrons. The van der Waals surface area contributed by atoms with Crippen molar-refractivity contribution in [2.75, 3.05) is 13.1 Å². The molecule has 2 saturated heterocycles. The molecule has 5 nitrogen and oxygen atoms in total. The fourth-order valence-corrected chi connectivity index (χ4v) is 4.32. The summed E-state index contributed by atoms with van der Waals surface area (Å²) < 4.78 is 6.16. The van der Waals surface area contributed by atoms with E-state index in [1.807, 2.05) is 12.1 Å². The quantitative estimate of drug-likeness (QED) is 0.897. The van der Waals surface area contributed by atoms with Gasteiger partial charge in [0.2, 0.25) is 5.91 Å². The van der Waals surface area contributed by atoms with Crippen molar-refractivity contribution in [3.8, 4) is 0 Å². The molecule has 1 aromatic heterocycles. The molecule has 2 aliphatic heterocycles. The van der Waals surface area contributed by atoms with Gasteiger partial charge in [-0.3, -0.25) is 14.7 Å². The van der Waals surface area contributed by atoms with Crippen molar-refractivity contribution in [2.45, 2.75) is 69.2 Å². The molecule has 1 amide bonds. The molecule has 5 heteroatoms. The lowest BCUT2D eigenvalue weighted by Gasteiger charge is -2.42. The summed E-state index contributed by atoms with van der Waals surface area (Å²) in [6, 6.07) is 5.31. The Morgan fingerprint density at radius 3 is 2.79 bits per heavy atom. The first-order valence-corrected chi connectivity index (χ1v) is 9.39. The number of likely N-dealkylation sites (tertiary alicyclic amines) is 1. The first kappa shape index (κ1) is 16.0. The molecule has 0 bridgehead atoms. The number of hydrogen-bond donors (Lipinski definition) is 1. The minimum absolute atomic E-state index is 0.0598. The number of fused-ring (bicyclic) bond motifs is 1. The van der Waals surface area contributed by atoms with Gasteiger partial charge in [-0.15, -0.1) is 0 Å². The maximum atomic E-state index is 12.4. The molecular weight excluding hydrogens is 302 g/mol. The van der Waals surface area contributed by atoms with Gasteiger partial charge in [0.1, 0.15) is 6.10 Å². The van der Waals surface area contributed by atoms with Crippen LogP contribution in [0.5, 0.6) is 0 Å². The van der Waals surface area contributed by atoms with Crippen LogP contribution in [0, 0.1) is 0 Å². The molecule has 0 radical (unpaired) electrons. The van der Waals surface area contributed by atoms with Gasteiger partial charge in [0.25, 0.3) is 0 Å². The van der Waals surface area contributed by atoms with Crippen LogP contribution in [0.4, 0.5) is 0 Å². The summed E-state index contributed by atoms with van der Waals surface area (Å²) in [6.07, 6.45) is 11.5. The number of hydrogen-bond acceptors (Lipinski definition) is 4. The van der Waals surface area contributed by atoms with Crippen molar-refractivity contribution in [1.82, 2.24) is 15.2 Å². The number of carbonyl (C=O) groups is 1. The molecule has 24 heavy (non-hydrogen) atoms. The van der Waals surface area contributed by atoms with Gasteiger partial charge in [-0.05, 0) is 56.2 Å². The highest BCUT2D eigenvalue weighted by atomic mass is 16.5. The van der Waals surface area contributed by atoms with Crippen molar-refractivity contribution in [3.05, 3.63) is 30.1 Å². The van der Waals surface area contributed by atoms with E-state index >= 15 is 0 Å². The van der Waals surface area contributed by atoms with Crippen molar-refractivity contribution < 1.29 is 9.53 Å². The second-order valence-electron chi connectivity index (χ2n) is 7.32. The van der Waals surface area contributed by atoms with E-state index in [-0.39, 0.29) is 18.1 Å². The van der Waals surface area contributed by atoms with E-state index in [0.29, 0.717) is 12.6 Å². The van der Waals surface area contributed by atoms with Crippen LogP contribution in [0.2, 0.25) is 0 Å². The number of rotatable bonds is 5. The molecule has 0 spiro atoms. The summed E-state index contributed by atoms with van der Waals surface area (Å²) in [6.45, 7) is 1.81. The van der Waals surface area contributed by atoms with Gasteiger partial charge in [0.15, 0.2) is 0 Å². The van der Waals surface area contributed by atoms with Crippen LogP contribution in [-0.4, -0.2) is 53.2 Å². The third-order valence-electron chi connectivity index (χ3n) is 5.89. The Labute approximate surface area is 143 Å². The smallest absolute Gasteiger partial charge is 0.249 e. The summed E-state index contributed by atoms with van der Waals surface area (Å²) in [5, 5.41) is 3.04. The van der Waals surface area contributed by atoms with Crippen LogP contribution in [0.15, 0.2) is 24.5 Å². The molecule has 1 aromatic rings. The van der Waals surface area contributed by atoms with E-state index in [1.165, 1.54) is 24.8 Å². The molecule has 1 N–H and O–H groups in total. The van der Waals surface area contributed by atoms with E-state index in [4.69, 9.17) is 4.74 Å². The van der Waals surface area contributed by atoms with E-state index in [1.54, 1.807) is 12.4 Å². The molecular formula is C19H27N3O2. The van der Waals surface area contributed by atoms with Crippen molar-refractivity contribution >= 4 is 5.91 Å². The largest absolute Gasteiger partial charge is 0.363 e. The SMILES string of the molecule is O=C(NCCc1ccncc1)[C@@H]1CC[C@H]2[C@H](CCN2C2CCC2)O1. The zero-order chi connectivity index (χ0) is 16.4. The number of pyridine rings is 1. The fraction of sp³-hybridized carbons (Fsp3) is 0.684. The Kier molecular flexibility index (Phi) is 4.81. The summed E-state index contributed by atoms with van der Waals surface area (Å²) in [5.74, 6) is 0.0598. The minimum atomic E-state index is -0.259. The zero-order valence-corrected chi connectivity index (χ0v) is 14.2. The third-order valence-corrected chi connectivity index (χ3v) is 5.89. The lowest BCUT2D eigenvalue weighted by atomic mass is 9.89. The van der Waals surface area contributed by atoms with E-state index in [9.17, 15) is 4.79 Å². The van der Waals surface area contributed by atoms with Crippen LogP contribution in [-0.2, 0) is 16.0 Å². The van der Waals surface area contributed by atoms with Gasteiger partial charge < -0.3 is 10.1 Å². The van der Waals surface area contributed by atoms with Crippen molar-refractivity contribution in [1.29, 1.82) is 0 Å². The summed E-state index contributed by atoms with van der Waals surface area (Å²) in [4.78, 5) is 19.1. The molecule has 0 unspecified atom stereocenters. The molecule has 4 rings (SSSR count).